The van der Waals surface area contributed by atoms with E-state index in [1.165, 1.54) is 6.92 Å². The number of benzene rings is 1. The van der Waals surface area contributed by atoms with Crippen LogP contribution in [-0.2, 0) is 16.0 Å². The number of hydrogen-bond donors (Lipinski definition) is 4. The Kier molecular flexibility index (Phi) is 7.97. The zero-order valence-corrected chi connectivity index (χ0v) is 18.6. The number of nitrogens with zero attached hydrogens (tertiary/aromatic N) is 1. The summed E-state index contributed by atoms with van der Waals surface area (Å²) < 4.78 is 0. The van der Waals surface area contributed by atoms with Crippen LogP contribution >= 0.6 is 0 Å². The summed E-state index contributed by atoms with van der Waals surface area (Å²) in [5.74, 6) is -2.55. The average molecular weight is 436 g/mol. The fraction of sp³-hybridized carbons (Fsp3) is 0.609. The van der Waals surface area contributed by atoms with Crippen LogP contribution in [0, 0.1) is 18.8 Å². The Hall–Kier alpha value is -2.29. The highest BCUT2D eigenvalue weighted by atomic mass is 16.3. The van der Waals surface area contributed by atoms with Gasteiger partial charge in [0.1, 0.15) is 17.1 Å². The number of rotatable bonds is 10. The molecule has 2 rings (SSSR count). The van der Waals surface area contributed by atoms with Crippen molar-refractivity contribution in [3.8, 4) is 5.75 Å². The number of phenolic OH excluding ortho intramolecular Hbond substituents is 1. The largest absolute Gasteiger partial charge is 0.507 e. The number of hydrogen-bond acceptors (Lipinski definition) is 8. The molecule has 0 saturated heterocycles. The summed E-state index contributed by atoms with van der Waals surface area (Å²) in [4.78, 5) is 38.7. The molecule has 0 unspecified atom stereocenters. The molecule has 0 heterocycles. The van der Waals surface area contributed by atoms with Crippen molar-refractivity contribution < 1.29 is 34.8 Å². The molecule has 0 bridgehead atoms. The molecule has 1 aliphatic carbocycles. The van der Waals surface area contributed by atoms with Gasteiger partial charge in [-0.25, -0.2) is 0 Å². The van der Waals surface area contributed by atoms with Gasteiger partial charge in [-0.2, -0.15) is 0 Å². The maximum absolute atomic E-state index is 12.9. The number of fused-ring (bicyclic) bond motifs is 1. The van der Waals surface area contributed by atoms with Crippen molar-refractivity contribution in [2.45, 2.75) is 51.6 Å². The molecule has 1 aromatic carbocycles. The normalized spacial score (nSPS) is 18.8. The Balaban J connectivity index is 2.40. The third kappa shape index (κ3) is 5.14. The molecule has 172 valence electrons. The van der Waals surface area contributed by atoms with Gasteiger partial charge in [0.15, 0.2) is 11.6 Å². The SMILES string of the molecule is CC(=O)CC(=O)[C@@](O)(CO)[C@H](CCO)C[C@H]1CC(=O)c2c(O)c(C)cc(N(C)C)c2C1. The van der Waals surface area contributed by atoms with Crippen molar-refractivity contribution in [1.29, 1.82) is 0 Å². The molecule has 8 heteroatoms. The molecule has 0 aliphatic heterocycles. The van der Waals surface area contributed by atoms with E-state index in [0.29, 0.717) is 23.1 Å². The molecule has 3 atom stereocenters. The molecule has 1 aliphatic rings. The number of Topliss-reactive ketones (excluding diaryl/α,β-unsaturated/α-hetero) is 3. The third-order valence-corrected chi connectivity index (χ3v) is 6.21. The highest BCUT2D eigenvalue weighted by Crippen LogP contribution is 2.42. The maximum atomic E-state index is 12.9. The molecule has 1 aromatic rings. The van der Waals surface area contributed by atoms with Gasteiger partial charge in [-0.15, -0.1) is 0 Å². The highest BCUT2D eigenvalue weighted by molar-refractivity contribution is 6.03. The minimum Gasteiger partial charge on any atom is -0.507 e. The second kappa shape index (κ2) is 9.89. The van der Waals surface area contributed by atoms with E-state index in [-0.39, 0.29) is 43.3 Å². The summed E-state index contributed by atoms with van der Waals surface area (Å²) in [6.07, 6.45) is 0.281. The van der Waals surface area contributed by atoms with E-state index in [4.69, 9.17) is 0 Å². The summed E-state index contributed by atoms with van der Waals surface area (Å²) in [5.41, 5.74) is 0.268. The highest BCUT2D eigenvalue weighted by Gasteiger charge is 2.44. The molecule has 8 nitrogen and oxygen atoms in total. The van der Waals surface area contributed by atoms with Gasteiger partial charge in [0.25, 0.3) is 0 Å². The number of aromatic hydroxyl groups is 1. The lowest BCUT2D eigenvalue weighted by atomic mass is 9.71. The van der Waals surface area contributed by atoms with Crippen LogP contribution in [0.4, 0.5) is 5.69 Å². The first-order valence-electron chi connectivity index (χ1n) is 10.5. The molecule has 0 amide bonds. The molecule has 31 heavy (non-hydrogen) atoms. The smallest absolute Gasteiger partial charge is 0.174 e. The van der Waals surface area contributed by atoms with Gasteiger partial charge in [-0.3, -0.25) is 14.4 Å². The van der Waals surface area contributed by atoms with Crippen LogP contribution in [0.1, 0.15) is 54.1 Å². The molecular formula is C23H33NO7. The van der Waals surface area contributed by atoms with Gasteiger partial charge < -0.3 is 25.3 Å². The quantitative estimate of drug-likeness (QED) is 0.402. The van der Waals surface area contributed by atoms with E-state index in [9.17, 15) is 34.8 Å². The predicted octanol–water partition coefficient (Wildman–Crippen LogP) is 1.17. The number of anilines is 1. The predicted molar refractivity (Wildman–Crippen MR) is 115 cm³/mol. The van der Waals surface area contributed by atoms with Crippen LogP contribution in [-0.4, -0.2) is 70.7 Å². The number of aliphatic hydroxyl groups is 3. The van der Waals surface area contributed by atoms with Crippen molar-refractivity contribution in [2.24, 2.45) is 11.8 Å². The number of phenols is 1. The Morgan fingerprint density at radius 2 is 1.90 bits per heavy atom. The van der Waals surface area contributed by atoms with Crippen molar-refractivity contribution in [2.75, 3.05) is 32.2 Å². The van der Waals surface area contributed by atoms with Gasteiger partial charge in [-0.05, 0) is 62.1 Å². The standard InChI is InChI=1S/C23H33NO7/c1-13-7-18(24(3)4)17-10-15(11-19(28)21(17)22(13)30)9-16(5-6-25)23(31,12-26)20(29)8-14(2)27/h7,15-16,25-26,30-31H,5-6,8-12H2,1-4H3/t15-,16-,23-/m1/s1. The summed E-state index contributed by atoms with van der Waals surface area (Å²) in [7, 11) is 3.69. The summed E-state index contributed by atoms with van der Waals surface area (Å²) in [6.45, 7) is 1.77. The number of carbonyl (C=O) groups excluding carboxylic acids is 3. The van der Waals surface area contributed by atoms with Crippen LogP contribution < -0.4 is 4.90 Å². The van der Waals surface area contributed by atoms with Gasteiger partial charge in [0.05, 0.1) is 18.6 Å². The molecule has 0 fully saturated rings. The zero-order valence-electron chi connectivity index (χ0n) is 18.6. The van der Waals surface area contributed by atoms with Gasteiger partial charge in [0, 0.05) is 32.8 Å². The van der Waals surface area contributed by atoms with E-state index in [1.807, 2.05) is 25.1 Å². The maximum Gasteiger partial charge on any atom is 0.174 e. The molecule has 0 radical (unpaired) electrons. The van der Waals surface area contributed by atoms with Crippen molar-refractivity contribution in [3.63, 3.8) is 0 Å². The molecule has 0 spiro atoms. The fourth-order valence-electron chi connectivity index (χ4n) is 4.56. The van der Waals surface area contributed by atoms with Gasteiger partial charge in [-0.1, -0.05) is 0 Å². The monoisotopic (exact) mass is 435 g/mol. The average Bonchev–Trinajstić information content (AvgIpc) is 2.68. The van der Waals surface area contributed by atoms with Crippen molar-refractivity contribution in [3.05, 3.63) is 22.8 Å². The lowest BCUT2D eigenvalue weighted by Gasteiger charge is -2.37. The van der Waals surface area contributed by atoms with Crippen molar-refractivity contribution in [1.82, 2.24) is 0 Å². The van der Waals surface area contributed by atoms with Crippen LogP contribution in [0.5, 0.6) is 5.75 Å². The Morgan fingerprint density at radius 3 is 2.42 bits per heavy atom. The minimum absolute atomic E-state index is 0.0283. The minimum atomic E-state index is -2.17. The summed E-state index contributed by atoms with van der Waals surface area (Å²) in [5, 5.41) is 40.7. The molecule has 4 N–H and O–H groups in total. The zero-order chi connectivity index (χ0) is 23.5. The second-order valence-electron chi connectivity index (χ2n) is 8.84. The van der Waals surface area contributed by atoms with E-state index in [1.54, 1.807) is 6.92 Å². The summed E-state index contributed by atoms with van der Waals surface area (Å²) in [6, 6.07) is 1.81. The molecular weight excluding hydrogens is 402 g/mol. The fourth-order valence-corrected chi connectivity index (χ4v) is 4.56. The Morgan fingerprint density at radius 1 is 1.26 bits per heavy atom. The van der Waals surface area contributed by atoms with Crippen LogP contribution in [0.2, 0.25) is 0 Å². The Bertz CT molecular complexity index is 864. The number of ketones is 3. The lowest BCUT2D eigenvalue weighted by Crippen LogP contribution is -2.51. The van der Waals surface area contributed by atoms with Crippen molar-refractivity contribution >= 4 is 23.0 Å². The van der Waals surface area contributed by atoms with E-state index in [2.05, 4.69) is 0 Å². The first-order chi connectivity index (χ1) is 14.5. The lowest BCUT2D eigenvalue weighted by molar-refractivity contribution is -0.152. The first-order valence-corrected chi connectivity index (χ1v) is 10.5. The van der Waals surface area contributed by atoms with E-state index < -0.39 is 36.1 Å². The van der Waals surface area contributed by atoms with Crippen LogP contribution in [0.3, 0.4) is 0 Å². The molecule has 0 aromatic heterocycles. The number of carbonyl (C=O) groups is 3. The van der Waals surface area contributed by atoms with E-state index >= 15 is 0 Å². The van der Waals surface area contributed by atoms with E-state index in [0.717, 1.165) is 5.69 Å². The summed E-state index contributed by atoms with van der Waals surface area (Å²) >= 11 is 0. The van der Waals surface area contributed by atoms with Gasteiger partial charge >= 0.3 is 0 Å². The topological polar surface area (TPSA) is 135 Å². The van der Waals surface area contributed by atoms with Crippen LogP contribution in [0.25, 0.3) is 0 Å². The van der Waals surface area contributed by atoms with Gasteiger partial charge in [0.2, 0.25) is 0 Å². The van der Waals surface area contributed by atoms with Crippen LogP contribution in [0.15, 0.2) is 6.07 Å². The third-order valence-electron chi connectivity index (χ3n) is 6.21. The Labute approximate surface area is 182 Å². The number of aryl methyl sites for hydroxylation is 1. The number of aliphatic hydroxyl groups excluding tert-OH is 2. The molecule has 0 saturated carbocycles. The second-order valence-corrected chi connectivity index (χ2v) is 8.84. The first kappa shape index (κ1) is 25.0.